The Morgan fingerprint density at radius 2 is 1.00 bits per heavy atom. The molecule has 0 aromatic heterocycles. The normalized spacial score (nSPS) is 12.5. The van der Waals surface area contributed by atoms with E-state index in [9.17, 15) is 21.6 Å². The Morgan fingerprint density at radius 3 is 1.26 bits per heavy atom. The largest absolute Gasteiger partial charge is 0.741 e. The first-order chi connectivity index (χ1) is 16.3. The van der Waals surface area contributed by atoms with Gasteiger partial charge in [0.2, 0.25) is 0 Å². The van der Waals surface area contributed by atoms with E-state index >= 15 is 0 Å². The van der Waals surface area contributed by atoms with Crippen molar-refractivity contribution in [3.05, 3.63) is 91.0 Å². The van der Waals surface area contributed by atoms with E-state index in [-0.39, 0.29) is 5.75 Å². The first-order valence-corrected chi connectivity index (χ1v) is 15.3. The van der Waals surface area contributed by atoms with Crippen molar-refractivity contribution in [3.63, 3.8) is 0 Å². The number of halogens is 3. The average molecular weight is 549 g/mol. The third kappa shape index (κ3) is 8.40. The van der Waals surface area contributed by atoms with Crippen molar-refractivity contribution in [1.82, 2.24) is 0 Å². The van der Waals surface area contributed by atoms with Crippen molar-refractivity contribution in [2.75, 3.05) is 11.9 Å². The summed E-state index contributed by atoms with van der Waals surface area (Å²) in [4.78, 5) is 0. The summed E-state index contributed by atoms with van der Waals surface area (Å²) >= 11 is 0. The highest BCUT2D eigenvalue weighted by Crippen LogP contribution is 2.55. The third-order valence-corrected chi connectivity index (χ3v) is 10.9. The summed E-state index contributed by atoms with van der Waals surface area (Å²) in [7, 11) is -11.9. The predicted octanol–water partition coefficient (Wildman–Crippen LogP) is 3.70. The van der Waals surface area contributed by atoms with E-state index in [4.69, 9.17) is 17.5 Å². The summed E-state index contributed by atoms with van der Waals surface area (Å²) < 4.78 is 90.2. The molecule has 0 aliphatic heterocycles. The number of hydrogen-bond donors (Lipinski definition) is 1. The van der Waals surface area contributed by atoms with Crippen molar-refractivity contribution in [2.24, 2.45) is 0 Å². The monoisotopic (exact) mass is 548 g/mol. The van der Waals surface area contributed by atoms with Crippen molar-refractivity contribution >= 4 is 43.4 Å². The highest BCUT2D eigenvalue weighted by molar-refractivity contribution is 7.95. The number of rotatable bonds is 8. The minimum absolute atomic E-state index is 0.189. The van der Waals surface area contributed by atoms with Gasteiger partial charge in [0, 0.05) is 0 Å². The van der Waals surface area contributed by atoms with E-state index in [0.717, 1.165) is 12.6 Å². The van der Waals surface area contributed by atoms with Crippen LogP contribution in [0.1, 0.15) is 12.8 Å². The van der Waals surface area contributed by atoms with Gasteiger partial charge in [-0.05, 0) is 49.2 Å². The van der Waals surface area contributed by atoms with Crippen LogP contribution in [-0.4, -0.2) is 43.4 Å². The zero-order valence-corrected chi connectivity index (χ0v) is 20.9. The lowest BCUT2D eigenvalue weighted by molar-refractivity contribution is -0.0517. The highest BCUT2D eigenvalue weighted by atomic mass is 32.2. The molecule has 1 N–H and O–H groups in total. The Bertz CT molecular complexity index is 1170. The van der Waals surface area contributed by atoms with E-state index in [1.165, 1.54) is 15.9 Å². The van der Waals surface area contributed by atoms with Gasteiger partial charge in [-0.1, -0.05) is 54.6 Å². The molecule has 0 amide bonds. The van der Waals surface area contributed by atoms with Crippen molar-refractivity contribution in [1.29, 1.82) is 0 Å². The Balaban J connectivity index is 0.000000466. The molecule has 6 nitrogen and oxygen atoms in total. The minimum atomic E-state index is -6.09. The average Bonchev–Trinajstić information content (AvgIpc) is 2.80. The lowest BCUT2D eigenvalue weighted by Gasteiger charge is -2.27. The topological polar surface area (TPSA) is 112 Å². The molecule has 0 saturated carbocycles. The van der Waals surface area contributed by atoms with Gasteiger partial charge >= 0.3 is 5.51 Å². The first-order valence-electron chi connectivity index (χ1n) is 10.3. The van der Waals surface area contributed by atoms with Crippen LogP contribution in [0.15, 0.2) is 91.0 Å². The second-order valence-electron chi connectivity index (χ2n) is 7.43. The predicted molar refractivity (Wildman–Crippen MR) is 131 cm³/mol. The zero-order chi connectivity index (χ0) is 26.2. The Morgan fingerprint density at radius 1 is 0.686 bits per heavy atom. The summed E-state index contributed by atoms with van der Waals surface area (Å²) in [5.74, 6) is -0.189. The summed E-state index contributed by atoms with van der Waals surface area (Å²) in [6.07, 6.45) is 2.04. The molecule has 3 aromatic rings. The fourth-order valence-electron chi connectivity index (χ4n) is 3.52. The van der Waals surface area contributed by atoms with Gasteiger partial charge in [-0.2, -0.15) is 21.6 Å². The molecule has 190 valence electrons. The van der Waals surface area contributed by atoms with E-state index in [2.05, 4.69) is 72.8 Å². The quantitative estimate of drug-likeness (QED) is 0.199. The molecule has 0 aliphatic carbocycles. The molecule has 0 spiro atoms. The molecular weight excluding hydrogens is 524 g/mol. The van der Waals surface area contributed by atoms with Gasteiger partial charge in [0.05, 0.1) is 11.9 Å². The van der Waals surface area contributed by atoms with E-state index in [0.29, 0.717) is 6.42 Å². The molecule has 0 saturated heterocycles. The number of unbranched alkanes of at least 4 members (excludes halogenated alkanes) is 1. The van der Waals surface area contributed by atoms with Gasteiger partial charge in [0.15, 0.2) is 10.1 Å². The molecule has 0 unspecified atom stereocenters. The third-order valence-electron chi connectivity index (χ3n) is 5.02. The van der Waals surface area contributed by atoms with Crippen LogP contribution >= 0.6 is 7.26 Å². The Kier molecular flexibility index (Phi) is 10.00. The summed E-state index contributed by atoms with van der Waals surface area (Å²) in [6.45, 7) is 0. The molecule has 3 rings (SSSR count). The van der Waals surface area contributed by atoms with Crippen LogP contribution in [0.4, 0.5) is 13.2 Å². The van der Waals surface area contributed by atoms with Crippen LogP contribution in [-0.2, 0) is 20.2 Å². The standard InChI is InChI=1S/C22H23O3PS.CHF3O3S/c23-27(24,25)19-11-10-18-26(20-12-4-1-5-13-20,21-14-6-2-7-15-21)22-16-8-3-9-17-22;2-1(3,4)8(5,6)7/h1-9,12-17H,10-11,18-19H2;(H,5,6,7). The van der Waals surface area contributed by atoms with Crippen molar-refractivity contribution < 1.29 is 39.1 Å². The van der Waals surface area contributed by atoms with Gasteiger partial charge in [0.25, 0.3) is 10.1 Å². The maximum absolute atomic E-state index is 11.1. The lowest BCUT2D eigenvalue weighted by Crippen LogP contribution is -2.33. The highest BCUT2D eigenvalue weighted by Gasteiger charge is 2.44. The molecule has 35 heavy (non-hydrogen) atoms. The van der Waals surface area contributed by atoms with Crippen LogP contribution in [0.5, 0.6) is 0 Å². The molecule has 12 heteroatoms. The van der Waals surface area contributed by atoms with Crippen LogP contribution in [0.3, 0.4) is 0 Å². The van der Waals surface area contributed by atoms with Crippen molar-refractivity contribution in [3.8, 4) is 0 Å². The second kappa shape index (κ2) is 12.1. The van der Waals surface area contributed by atoms with E-state index in [1.807, 2.05) is 18.2 Å². The summed E-state index contributed by atoms with van der Waals surface area (Å²) in [6, 6.07) is 31.5. The maximum Gasteiger partial charge on any atom is 0.485 e. The van der Waals surface area contributed by atoms with Gasteiger partial charge < -0.3 is 4.55 Å². The van der Waals surface area contributed by atoms with Crippen LogP contribution in [0.25, 0.3) is 0 Å². The molecule has 0 bridgehead atoms. The number of benzene rings is 3. The van der Waals surface area contributed by atoms with Gasteiger partial charge in [0.1, 0.15) is 23.2 Å². The van der Waals surface area contributed by atoms with E-state index < -0.39 is 33.0 Å². The number of alkyl halides is 3. The van der Waals surface area contributed by atoms with Gasteiger partial charge in [-0.25, -0.2) is 8.42 Å². The fourth-order valence-corrected chi connectivity index (χ4v) is 8.49. The Labute approximate surface area is 203 Å². The SMILES string of the molecule is O=S(=O)(O)CCCC[P+](c1ccccc1)(c1ccccc1)c1ccccc1.O=S(=O)([O-])C(F)(F)F. The lowest BCUT2D eigenvalue weighted by atomic mass is 10.3. The van der Waals surface area contributed by atoms with Crippen LogP contribution in [0.2, 0.25) is 0 Å². The second-order valence-corrected chi connectivity index (χ2v) is 14.0. The van der Waals surface area contributed by atoms with Crippen LogP contribution in [0, 0.1) is 0 Å². The van der Waals surface area contributed by atoms with Crippen LogP contribution < -0.4 is 15.9 Å². The smallest absolute Gasteiger partial charge is 0.485 e. The van der Waals surface area contributed by atoms with Crippen molar-refractivity contribution in [2.45, 2.75) is 18.3 Å². The van der Waals surface area contributed by atoms with Gasteiger partial charge in [-0.3, -0.25) is 4.55 Å². The minimum Gasteiger partial charge on any atom is -0.741 e. The molecule has 0 aliphatic rings. The maximum atomic E-state index is 11.1. The molecule has 0 radical (unpaired) electrons. The fraction of sp³-hybridized carbons (Fsp3) is 0.217. The van der Waals surface area contributed by atoms with Gasteiger partial charge in [-0.15, -0.1) is 0 Å². The molecule has 0 heterocycles. The zero-order valence-electron chi connectivity index (χ0n) is 18.4. The molecular formula is C23H24F3O6PS2. The summed E-state index contributed by atoms with van der Waals surface area (Å²) in [5, 5.41) is 3.86. The molecule has 0 fully saturated rings. The first kappa shape index (κ1) is 28.9. The van der Waals surface area contributed by atoms with E-state index in [1.54, 1.807) is 0 Å². The molecule has 3 aromatic carbocycles. The summed E-state index contributed by atoms with van der Waals surface area (Å²) in [5.41, 5.74) is -5.65. The number of hydrogen-bond acceptors (Lipinski definition) is 5. The molecule has 0 atom stereocenters. The Hall–Kier alpha value is -2.30.